The van der Waals surface area contributed by atoms with Gasteiger partial charge in [0.25, 0.3) is 0 Å². The van der Waals surface area contributed by atoms with E-state index in [1.165, 1.54) is 0 Å². The van der Waals surface area contributed by atoms with Crippen LogP contribution in [0, 0.1) is 0 Å². The van der Waals surface area contributed by atoms with Crippen LogP contribution in [0.25, 0.3) is 0 Å². The van der Waals surface area contributed by atoms with Crippen LogP contribution in [0.1, 0.15) is 0 Å². The highest BCUT2D eigenvalue weighted by atomic mass is 16.5. The third-order valence-electron chi connectivity index (χ3n) is 1.19. The molecule has 0 spiro atoms. The first kappa shape index (κ1) is 5.79. The molecule has 0 aromatic rings. The fourth-order valence-corrected chi connectivity index (χ4v) is 0.604. The fourth-order valence-electron chi connectivity index (χ4n) is 0.604. The molecule has 1 aliphatic heterocycles. The molecule has 0 aromatic carbocycles. The molecule has 0 amide bonds. The number of nitrogens with one attached hydrogen (secondary N) is 1. The lowest BCUT2D eigenvalue weighted by Crippen LogP contribution is -2.45. The van der Waals surface area contributed by atoms with Gasteiger partial charge >= 0.3 is 0 Å². The molecular weight excluding hydrogens is 102 g/mol. The van der Waals surface area contributed by atoms with Crippen LogP contribution < -0.4 is 5.32 Å². The first-order chi connectivity index (χ1) is 3.93. The molecule has 1 rings (SSSR count). The average molecular weight is 113 g/mol. The topological polar surface area (TPSA) is 21.3 Å². The summed E-state index contributed by atoms with van der Waals surface area (Å²) in [7, 11) is 0. The smallest absolute Gasteiger partial charge is 0.0643 e. The molecule has 8 heavy (non-hydrogen) atoms. The lowest BCUT2D eigenvalue weighted by Gasteiger charge is -2.26. The molecule has 1 heterocycles. The molecule has 0 bridgehead atoms. The zero-order valence-electron chi connectivity index (χ0n) is 4.89. The van der Waals surface area contributed by atoms with Gasteiger partial charge in [-0.25, -0.2) is 0 Å². The van der Waals surface area contributed by atoms with E-state index in [1.54, 1.807) is 0 Å². The Morgan fingerprint density at radius 2 is 2.50 bits per heavy atom. The third-order valence-corrected chi connectivity index (χ3v) is 1.19. The van der Waals surface area contributed by atoms with Crippen molar-refractivity contribution in [3.63, 3.8) is 0 Å². The third kappa shape index (κ3) is 1.32. The number of ether oxygens (including phenoxy) is 1. The van der Waals surface area contributed by atoms with Gasteiger partial charge in [-0.05, 0) is 0 Å². The summed E-state index contributed by atoms with van der Waals surface area (Å²) >= 11 is 0. The summed E-state index contributed by atoms with van der Waals surface area (Å²) in [6, 6.07) is 0.591. The highest BCUT2D eigenvalue weighted by molar-refractivity contribution is 4.78. The van der Waals surface area contributed by atoms with Gasteiger partial charge in [-0.2, -0.15) is 0 Å². The Bertz CT molecular complexity index is 78.6. The Morgan fingerprint density at radius 3 is 2.88 bits per heavy atom. The van der Waals surface area contributed by atoms with E-state index in [0.29, 0.717) is 6.04 Å². The summed E-state index contributed by atoms with van der Waals surface area (Å²) < 4.78 is 4.94. The Hall–Kier alpha value is -0.340. The van der Waals surface area contributed by atoms with Gasteiger partial charge in [0.15, 0.2) is 0 Å². The van der Waals surface area contributed by atoms with Crippen molar-refractivity contribution < 1.29 is 4.74 Å². The Kier molecular flexibility index (Phi) is 2.06. The Balaban J connectivity index is 1.93. The monoisotopic (exact) mass is 113 g/mol. The second kappa shape index (κ2) is 2.84. The predicted octanol–water partition coefficient (Wildman–Crippen LogP) is 0.161. The minimum Gasteiger partial charge on any atom is -0.378 e. The predicted molar refractivity (Wildman–Crippen MR) is 32.8 cm³/mol. The van der Waals surface area contributed by atoms with Gasteiger partial charge in [0, 0.05) is 6.54 Å². The average Bonchev–Trinajstić information content (AvgIpc) is 1.63. The first-order valence-electron chi connectivity index (χ1n) is 2.85. The molecule has 2 nitrogen and oxygen atoms in total. The van der Waals surface area contributed by atoms with Crippen LogP contribution in [0.15, 0.2) is 12.7 Å². The Morgan fingerprint density at radius 1 is 1.75 bits per heavy atom. The SMILES string of the molecule is C=CCNC1COC1. The van der Waals surface area contributed by atoms with Gasteiger partial charge in [-0.15, -0.1) is 6.58 Å². The number of rotatable bonds is 3. The van der Waals surface area contributed by atoms with Crippen LogP contribution in [0.4, 0.5) is 0 Å². The summed E-state index contributed by atoms with van der Waals surface area (Å²) in [5.41, 5.74) is 0. The van der Waals surface area contributed by atoms with Gasteiger partial charge in [-0.1, -0.05) is 6.08 Å². The van der Waals surface area contributed by atoms with Crippen molar-refractivity contribution in [3.05, 3.63) is 12.7 Å². The highest BCUT2D eigenvalue weighted by Gasteiger charge is 2.15. The highest BCUT2D eigenvalue weighted by Crippen LogP contribution is 1.97. The summed E-state index contributed by atoms with van der Waals surface area (Å²) in [6.45, 7) is 6.22. The van der Waals surface area contributed by atoms with E-state index in [0.717, 1.165) is 19.8 Å². The summed E-state index contributed by atoms with van der Waals surface area (Å²) in [4.78, 5) is 0. The van der Waals surface area contributed by atoms with E-state index in [1.807, 2.05) is 6.08 Å². The van der Waals surface area contributed by atoms with E-state index < -0.39 is 0 Å². The zero-order chi connectivity index (χ0) is 5.82. The van der Waals surface area contributed by atoms with Gasteiger partial charge < -0.3 is 10.1 Å². The quantitative estimate of drug-likeness (QED) is 0.526. The second-order valence-corrected chi connectivity index (χ2v) is 1.93. The van der Waals surface area contributed by atoms with E-state index in [2.05, 4.69) is 11.9 Å². The number of hydrogen-bond donors (Lipinski definition) is 1. The van der Waals surface area contributed by atoms with Crippen LogP contribution in [0.5, 0.6) is 0 Å². The van der Waals surface area contributed by atoms with E-state index >= 15 is 0 Å². The van der Waals surface area contributed by atoms with Crippen molar-refractivity contribution in [1.29, 1.82) is 0 Å². The van der Waals surface area contributed by atoms with E-state index in [4.69, 9.17) is 4.74 Å². The van der Waals surface area contributed by atoms with Crippen LogP contribution in [-0.2, 0) is 4.74 Å². The maximum absolute atomic E-state index is 4.94. The van der Waals surface area contributed by atoms with Gasteiger partial charge in [0.05, 0.1) is 19.3 Å². The van der Waals surface area contributed by atoms with Crippen LogP contribution >= 0.6 is 0 Å². The lowest BCUT2D eigenvalue weighted by molar-refractivity contribution is -0.00344. The molecule has 0 aliphatic carbocycles. The van der Waals surface area contributed by atoms with Gasteiger partial charge in [0.2, 0.25) is 0 Å². The molecule has 2 heteroatoms. The minimum atomic E-state index is 0.591. The molecule has 1 N–H and O–H groups in total. The first-order valence-corrected chi connectivity index (χ1v) is 2.85. The van der Waals surface area contributed by atoms with Crippen molar-refractivity contribution in [1.82, 2.24) is 5.32 Å². The van der Waals surface area contributed by atoms with Crippen molar-refractivity contribution in [2.24, 2.45) is 0 Å². The lowest BCUT2D eigenvalue weighted by atomic mass is 10.2. The zero-order valence-corrected chi connectivity index (χ0v) is 4.89. The van der Waals surface area contributed by atoms with Gasteiger partial charge in [-0.3, -0.25) is 0 Å². The molecule has 0 aromatic heterocycles. The maximum Gasteiger partial charge on any atom is 0.0643 e. The second-order valence-electron chi connectivity index (χ2n) is 1.93. The molecule has 1 aliphatic rings. The van der Waals surface area contributed by atoms with Crippen LogP contribution in [0.3, 0.4) is 0 Å². The summed E-state index contributed by atoms with van der Waals surface area (Å²) in [5, 5.41) is 3.23. The van der Waals surface area contributed by atoms with Crippen molar-refractivity contribution >= 4 is 0 Å². The molecule has 1 saturated heterocycles. The summed E-state index contributed by atoms with van der Waals surface area (Å²) in [5.74, 6) is 0. The Labute approximate surface area is 49.5 Å². The van der Waals surface area contributed by atoms with E-state index in [-0.39, 0.29) is 0 Å². The van der Waals surface area contributed by atoms with Crippen molar-refractivity contribution in [2.45, 2.75) is 6.04 Å². The van der Waals surface area contributed by atoms with Crippen LogP contribution in [0.2, 0.25) is 0 Å². The summed E-state index contributed by atoms with van der Waals surface area (Å²) in [6.07, 6.45) is 1.86. The fraction of sp³-hybridized carbons (Fsp3) is 0.667. The van der Waals surface area contributed by atoms with E-state index in [9.17, 15) is 0 Å². The largest absolute Gasteiger partial charge is 0.378 e. The molecule has 46 valence electrons. The standard InChI is InChI=1S/C6H11NO/c1-2-3-7-6-4-8-5-6/h2,6-7H,1,3-5H2. The molecule has 0 atom stereocenters. The van der Waals surface area contributed by atoms with Crippen LogP contribution in [-0.4, -0.2) is 25.8 Å². The van der Waals surface area contributed by atoms with Gasteiger partial charge in [0.1, 0.15) is 0 Å². The minimum absolute atomic E-state index is 0.591. The molecule has 0 radical (unpaired) electrons. The van der Waals surface area contributed by atoms with Crippen molar-refractivity contribution in [3.8, 4) is 0 Å². The van der Waals surface area contributed by atoms with Crippen molar-refractivity contribution in [2.75, 3.05) is 19.8 Å². The molecule has 0 unspecified atom stereocenters. The molecular formula is C6H11NO. The normalized spacial score (nSPS) is 20.0. The maximum atomic E-state index is 4.94. The molecule has 0 saturated carbocycles. The number of hydrogen-bond acceptors (Lipinski definition) is 2. The molecule has 1 fully saturated rings.